The number of carboxylic acids is 1. The van der Waals surface area contributed by atoms with Crippen LogP contribution in [0.4, 0.5) is 8.78 Å². The summed E-state index contributed by atoms with van der Waals surface area (Å²) in [5, 5.41) is 10.6. The van der Waals surface area contributed by atoms with E-state index in [1.54, 1.807) is 6.92 Å². The monoisotopic (exact) mass is 511 g/mol. The third-order valence-electron chi connectivity index (χ3n) is 8.04. The van der Waals surface area contributed by atoms with Crippen LogP contribution in [0.5, 0.6) is 5.75 Å². The van der Waals surface area contributed by atoms with Crippen LogP contribution in [-0.2, 0) is 11.2 Å². The summed E-state index contributed by atoms with van der Waals surface area (Å²) in [6.45, 7) is 9.13. The first kappa shape index (κ1) is 25.7. The van der Waals surface area contributed by atoms with Gasteiger partial charge >= 0.3 is 5.97 Å². The summed E-state index contributed by atoms with van der Waals surface area (Å²) in [6.07, 6.45) is 1.82. The van der Waals surface area contributed by atoms with Crippen molar-refractivity contribution in [3.8, 4) is 5.75 Å². The fourth-order valence-electron chi connectivity index (χ4n) is 5.81. The molecule has 0 radical (unpaired) electrons. The summed E-state index contributed by atoms with van der Waals surface area (Å²) in [5.41, 5.74) is 2.55. The largest absolute Gasteiger partial charge is 0.492 e. The maximum absolute atomic E-state index is 15.7. The summed E-state index contributed by atoms with van der Waals surface area (Å²) in [5.74, 6) is -2.13. The van der Waals surface area contributed by atoms with Gasteiger partial charge in [-0.05, 0) is 30.9 Å². The molecule has 2 aliphatic heterocycles. The smallest absolute Gasteiger partial charge is 0.307 e. The number of hydrogen-bond acceptors (Lipinski definition) is 4. The first-order valence-corrected chi connectivity index (χ1v) is 13.2. The number of hydrogen-bond donors (Lipinski definition) is 2. The maximum Gasteiger partial charge on any atom is 0.307 e. The minimum Gasteiger partial charge on any atom is -0.492 e. The predicted octanol–water partition coefficient (Wildman–Crippen LogP) is 5.22. The molecule has 0 amide bonds. The van der Waals surface area contributed by atoms with E-state index >= 15 is 8.78 Å². The average molecular weight is 512 g/mol. The number of para-hydroxylation sites is 1. The molecular formula is C29H35F2N3O3. The first-order valence-electron chi connectivity index (χ1n) is 13.2. The molecule has 2 aromatic carbocycles. The molecular weight excluding hydrogens is 476 g/mol. The van der Waals surface area contributed by atoms with E-state index in [0.717, 1.165) is 48.4 Å². The predicted molar refractivity (Wildman–Crippen MR) is 139 cm³/mol. The zero-order valence-corrected chi connectivity index (χ0v) is 21.6. The van der Waals surface area contributed by atoms with Crippen molar-refractivity contribution < 1.29 is 23.4 Å². The van der Waals surface area contributed by atoms with Crippen LogP contribution in [0.15, 0.2) is 36.4 Å². The molecule has 2 aliphatic rings. The van der Waals surface area contributed by atoms with E-state index in [4.69, 9.17) is 4.74 Å². The Labute approximate surface area is 216 Å². The molecule has 0 unspecified atom stereocenters. The third-order valence-corrected chi connectivity index (χ3v) is 8.04. The number of ether oxygens (including phenoxy) is 1. The highest BCUT2D eigenvalue weighted by Crippen LogP contribution is 2.43. The summed E-state index contributed by atoms with van der Waals surface area (Å²) in [4.78, 5) is 19.3. The lowest BCUT2D eigenvalue weighted by Crippen LogP contribution is -2.47. The van der Waals surface area contributed by atoms with Gasteiger partial charge in [0.15, 0.2) is 0 Å². The maximum atomic E-state index is 15.7. The Hall–Kier alpha value is -2.97. The number of benzene rings is 2. The number of carbonyl (C=O) groups is 1. The molecule has 1 aromatic heterocycles. The van der Waals surface area contributed by atoms with E-state index in [2.05, 4.69) is 16.8 Å². The molecule has 1 fully saturated rings. The van der Waals surface area contributed by atoms with Gasteiger partial charge in [-0.1, -0.05) is 38.5 Å². The number of carboxylic acid groups (broad SMARTS) is 1. The van der Waals surface area contributed by atoms with Gasteiger partial charge in [-0.2, -0.15) is 0 Å². The summed E-state index contributed by atoms with van der Waals surface area (Å²) in [7, 11) is 0. The standard InChI is InChI=1S/C29H35F2N3O3/c1-4-19-15-33(16-19)9-10-37-20-12-23(30)26(24(31)13-20)28-27-22(21-7-5-6-8-25(21)32-27)11-18(3)34(28)14-17(2)29(35)36/h5-8,12-13,17-19,28,32H,4,9-11,14-16H2,1-3H3,(H,35,36)/t17-,18+,28+/m0/s1. The molecule has 1 saturated heterocycles. The Morgan fingerprint density at radius 1 is 1.22 bits per heavy atom. The molecule has 8 heteroatoms. The molecule has 0 bridgehead atoms. The van der Waals surface area contributed by atoms with Crippen LogP contribution >= 0.6 is 0 Å². The van der Waals surface area contributed by atoms with E-state index in [9.17, 15) is 9.90 Å². The molecule has 0 spiro atoms. The van der Waals surface area contributed by atoms with Crippen molar-refractivity contribution in [3.63, 3.8) is 0 Å². The Balaban J connectivity index is 1.47. The lowest BCUT2D eigenvalue weighted by molar-refractivity contribution is -0.142. The number of rotatable bonds is 9. The summed E-state index contributed by atoms with van der Waals surface area (Å²) >= 11 is 0. The Morgan fingerprint density at radius 3 is 2.59 bits per heavy atom. The quantitative estimate of drug-likeness (QED) is 0.412. The third kappa shape index (κ3) is 4.97. The van der Waals surface area contributed by atoms with Gasteiger partial charge in [-0.3, -0.25) is 14.6 Å². The van der Waals surface area contributed by atoms with Crippen LogP contribution in [0.1, 0.15) is 50.1 Å². The normalized spacial score (nSPS) is 21.5. The van der Waals surface area contributed by atoms with Gasteiger partial charge in [-0.15, -0.1) is 0 Å². The fourth-order valence-corrected chi connectivity index (χ4v) is 5.81. The average Bonchev–Trinajstić information content (AvgIpc) is 3.19. The number of aliphatic carboxylic acids is 1. The number of nitrogens with one attached hydrogen (secondary N) is 1. The number of nitrogens with zero attached hydrogens (tertiary/aromatic N) is 2. The highest BCUT2D eigenvalue weighted by atomic mass is 19.1. The fraction of sp³-hybridized carbons (Fsp3) is 0.483. The molecule has 3 heterocycles. The van der Waals surface area contributed by atoms with Gasteiger partial charge in [0.2, 0.25) is 0 Å². The van der Waals surface area contributed by atoms with Gasteiger partial charge in [0, 0.05) is 66.5 Å². The van der Waals surface area contributed by atoms with Crippen molar-refractivity contribution in [2.75, 3.05) is 32.8 Å². The van der Waals surface area contributed by atoms with Crippen molar-refractivity contribution in [1.82, 2.24) is 14.8 Å². The van der Waals surface area contributed by atoms with E-state index in [1.807, 2.05) is 36.1 Å². The number of fused-ring (bicyclic) bond motifs is 3. The van der Waals surface area contributed by atoms with E-state index in [0.29, 0.717) is 18.7 Å². The van der Waals surface area contributed by atoms with Gasteiger partial charge in [0.05, 0.1) is 12.0 Å². The molecule has 3 aromatic rings. The van der Waals surface area contributed by atoms with Gasteiger partial charge in [-0.25, -0.2) is 8.78 Å². The van der Waals surface area contributed by atoms with Crippen molar-refractivity contribution in [2.24, 2.45) is 11.8 Å². The van der Waals surface area contributed by atoms with E-state index in [1.165, 1.54) is 12.1 Å². The van der Waals surface area contributed by atoms with Crippen LogP contribution in [0, 0.1) is 23.5 Å². The van der Waals surface area contributed by atoms with Crippen LogP contribution in [-0.4, -0.2) is 64.7 Å². The second kappa shape index (κ2) is 10.4. The number of likely N-dealkylation sites (tertiary alicyclic amines) is 1. The molecule has 2 N–H and O–H groups in total. The second-order valence-electron chi connectivity index (χ2n) is 10.6. The van der Waals surface area contributed by atoms with Crippen molar-refractivity contribution in [2.45, 2.75) is 45.7 Å². The highest BCUT2D eigenvalue weighted by molar-refractivity contribution is 5.85. The highest BCUT2D eigenvalue weighted by Gasteiger charge is 2.40. The van der Waals surface area contributed by atoms with Gasteiger partial charge < -0.3 is 14.8 Å². The van der Waals surface area contributed by atoms with Crippen LogP contribution in [0.2, 0.25) is 0 Å². The lowest BCUT2D eigenvalue weighted by Gasteiger charge is -2.42. The van der Waals surface area contributed by atoms with Crippen molar-refractivity contribution >= 4 is 16.9 Å². The van der Waals surface area contributed by atoms with Crippen molar-refractivity contribution in [1.29, 1.82) is 0 Å². The van der Waals surface area contributed by atoms with Crippen LogP contribution in [0.25, 0.3) is 10.9 Å². The van der Waals surface area contributed by atoms with Gasteiger partial charge in [0.1, 0.15) is 24.0 Å². The molecule has 0 aliphatic carbocycles. The molecule has 0 saturated carbocycles. The summed E-state index contributed by atoms with van der Waals surface area (Å²) < 4.78 is 37.2. The summed E-state index contributed by atoms with van der Waals surface area (Å²) in [6, 6.07) is 9.44. The molecule has 5 rings (SSSR count). The Kier molecular flexibility index (Phi) is 7.23. The van der Waals surface area contributed by atoms with E-state index < -0.39 is 29.6 Å². The number of halogens is 2. The zero-order valence-electron chi connectivity index (χ0n) is 21.6. The zero-order chi connectivity index (χ0) is 26.3. The SMILES string of the molecule is CCC1CN(CCOc2cc(F)c([C@@H]3c4[nH]c5ccccc5c4C[C@@H](C)N3C[C@H](C)C(=O)O)c(F)c2)C1. The Morgan fingerprint density at radius 2 is 1.92 bits per heavy atom. The van der Waals surface area contributed by atoms with Crippen LogP contribution in [0.3, 0.4) is 0 Å². The topological polar surface area (TPSA) is 68.8 Å². The number of H-pyrrole nitrogens is 1. The minimum atomic E-state index is -0.939. The lowest BCUT2D eigenvalue weighted by atomic mass is 9.87. The van der Waals surface area contributed by atoms with Gasteiger partial charge in [0.25, 0.3) is 0 Å². The number of aromatic amines is 1. The van der Waals surface area contributed by atoms with Crippen molar-refractivity contribution in [3.05, 3.63) is 64.9 Å². The van der Waals surface area contributed by atoms with E-state index in [-0.39, 0.29) is 23.9 Å². The van der Waals surface area contributed by atoms with Crippen LogP contribution < -0.4 is 4.74 Å². The molecule has 198 valence electrons. The molecule has 3 atom stereocenters. The Bertz CT molecular complexity index is 1260. The second-order valence-corrected chi connectivity index (χ2v) is 10.6. The number of aromatic nitrogens is 1. The first-order chi connectivity index (χ1) is 17.8. The minimum absolute atomic E-state index is 0.0853. The molecule has 6 nitrogen and oxygen atoms in total. The molecule has 37 heavy (non-hydrogen) atoms.